The van der Waals surface area contributed by atoms with E-state index in [4.69, 9.17) is 16.3 Å². The topological polar surface area (TPSA) is 87.1 Å². The van der Waals surface area contributed by atoms with E-state index < -0.39 is 11.1 Å². The number of phenolic OH excluding ortho intramolecular Hbond substituents is 2. The van der Waals surface area contributed by atoms with Crippen molar-refractivity contribution in [3.63, 3.8) is 0 Å². The monoisotopic (exact) mass is 391 g/mol. The van der Waals surface area contributed by atoms with Crippen molar-refractivity contribution in [2.45, 2.75) is 0 Å². The fraction of sp³-hybridized carbons (Fsp3) is 0.111. The molecular formula is C18H14ClNO5S. The van der Waals surface area contributed by atoms with Crippen LogP contribution in [-0.2, 0) is 4.79 Å². The van der Waals surface area contributed by atoms with Crippen LogP contribution in [0.2, 0.25) is 5.02 Å². The third-order valence-corrected chi connectivity index (χ3v) is 4.80. The van der Waals surface area contributed by atoms with Gasteiger partial charge in [0.25, 0.3) is 11.1 Å². The normalized spacial score (nSPS) is 15.7. The van der Waals surface area contributed by atoms with Crippen LogP contribution in [0, 0.1) is 0 Å². The van der Waals surface area contributed by atoms with Crippen LogP contribution in [0.15, 0.2) is 47.4 Å². The summed E-state index contributed by atoms with van der Waals surface area (Å²) in [6.07, 6.45) is 1.41. The van der Waals surface area contributed by atoms with E-state index in [1.54, 1.807) is 24.3 Å². The zero-order chi connectivity index (χ0) is 18.7. The molecule has 6 nitrogen and oxygen atoms in total. The molecule has 0 bridgehead atoms. The lowest BCUT2D eigenvalue weighted by molar-refractivity contribution is -0.123. The maximum absolute atomic E-state index is 12.4. The average Bonchev–Trinajstić information content (AvgIpc) is 2.86. The van der Waals surface area contributed by atoms with E-state index >= 15 is 0 Å². The van der Waals surface area contributed by atoms with Crippen LogP contribution in [0.3, 0.4) is 0 Å². The zero-order valence-corrected chi connectivity index (χ0v) is 15.0. The molecule has 0 atom stereocenters. The van der Waals surface area contributed by atoms with Crippen LogP contribution in [0.1, 0.15) is 5.56 Å². The molecule has 1 aliphatic rings. The van der Waals surface area contributed by atoms with Crippen LogP contribution in [-0.4, -0.2) is 39.4 Å². The Bertz CT molecular complexity index is 899. The van der Waals surface area contributed by atoms with Crippen molar-refractivity contribution in [3.8, 4) is 17.2 Å². The Balaban J connectivity index is 1.67. The molecule has 2 N–H and O–H groups in total. The third kappa shape index (κ3) is 3.95. The second kappa shape index (κ2) is 7.72. The number of amides is 2. The Hall–Kier alpha value is -2.64. The molecule has 26 heavy (non-hydrogen) atoms. The Morgan fingerprint density at radius 3 is 2.65 bits per heavy atom. The molecule has 1 heterocycles. The molecule has 3 rings (SSSR count). The number of phenols is 2. The smallest absolute Gasteiger partial charge is 0.293 e. The summed E-state index contributed by atoms with van der Waals surface area (Å²) < 4.78 is 5.51. The number of aromatic hydroxyl groups is 2. The van der Waals surface area contributed by atoms with E-state index in [1.807, 2.05) is 0 Å². The molecule has 2 amide bonds. The van der Waals surface area contributed by atoms with Gasteiger partial charge in [-0.05, 0) is 42.1 Å². The number of thioether (sulfide) groups is 1. The first-order valence-corrected chi connectivity index (χ1v) is 8.80. The van der Waals surface area contributed by atoms with E-state index in [2.05, 4.69) is 0 Å². The largest absolute Gasteiger partial charge is 0.508 e. The van der Waals surface area contributed by atoms with Crippen molar-refractivity contribution in [1.82, 2.24) is 4.90 Å². The van der Waals surface area contributed by atoms with Crippen molar-refractivity contribution in [3.05, 3.63) is 58.0 Å². The maximum atomic E-state index is 12.4. The second-order valence-electron chi connectivity index (χ2n) is 5.36. The maximum Gasteiger partial charge on any atom is 0.293 e. The second-order valence-corrected chi connectivity index (χ2v) is 6.76. The molecule has 0 aromatic heterocycles. The van der Waals surface area contributed by atoms with Crippen LogP contribution >= 0.6 is 23.4 Å². The van der Waals surface area contributed by atoms with E-state index in [0.717, 1.165) is 22.7 Å². The number of rotatable bonds is 5. The van der Waals surface area contributed by atoms with E-state index in [0.29, 0.717) is 16.3 Å². The quantitative estimate of drug-likeness (QED) is 0.752. The minimum atomic E-state index is -0.463. The van der Waals surface area contributed by atoms with Crippen molar-refractivity contribution < 1.29 is 24.5 Å². The summed E-state index contributed by atoms with van der Waals surface area (Å²) in [5.41, 5.74) is 0.334. The molecular weight excluding hydrogens is 378 g/mol. The van der Waals surface area contributed by atoms with Gasteiger partial charge < -0.3 is 14.9 Å². The number of imide groups is 1. The molecule has 8 heteroatoms. The molecule has 2 aromatic rings. The summed E-state index contributed by atoms with van der Waals surface area (Å²) in [6, 6.07) is 10.9. The molecule has 2 aromatic carbocycles. The van der Waals surface area contributed by atoms with Gasteiger partial charge in [0.1, 0.15) is 23.9 Å². The van der Waals surface area contributed by atoms with Crippen LogP contribution < -0.4 is 4.74 Å². The Morgan fingerprint density at radius 1 is 1.15 bits per heavy atom. The SMILES string of the molecule is O=C1S/C(=C\c2ccc(O)cc2O)C(=O)N1CCOc1ccccc1Cl. The fourth-order valence-corrected chi connectivity index (χ4v) is 3.34. The van der Waals surface area contributed by atoms with Gasteiger partial charge in [0.05, 0.1) is 16.5 Å². The Kier molecular flexibility index (Phi) is 5.39. The third-order valence-electron chi connectivity index (χ3n) is 3.58. The summed E-state index contributed by atoms with van der Waals surface area (Å²) in [4.78, 5) is 25.8. The summed E-state index contributed by atoms with van der Waals surface area (Å²) in [6.45, 7) is 0.189. The van der Waals surface area contributed by atoms with E-state index in [-0.39, 0.29) is 29.6 Å². The molecule has 1 aliphatic heterocycles. The summed E-state index contributed by atoms with van der Waals surface area (Å²) in [7, 11) is 0. The number of hydrogen-bond donors (Lipinski definition) is 2. The first-order chi connectivity index (χ1) is 12.5. The van der Waals surface area contributed by atoms with Gasteiger partial charge in [0.2, 0.25) is 0 Å². The first kappa shape index (κ1) is 18.2. The molecule has 0 saturated carbocycles. The van der Waals surface area contributed by atoms with Gasteiger partial charge in [0.15, 0.2) is 0 Å². The van der Waals surface area contributed by atoms with Gasteiger partial charge in [-0.2, -0.15) is 0 Å². The Morgan fingerprint density at radius 2 is 1.92 bits per heavy atom. The minimum absolute atomic E-state index is 0.0782. The van der Waals surface area contributed by atoms with Crippen molar-refractivity contribution in [2.75, 3.05) is 13.2 Å². The van der Waals surface area contributed by atoms with Crippen LogP contribution in [0.25, 0.3) is 6.08 Å². The molecule has 0 spiro atoms. The van der Waals surface area contributed by atoms with Crippen molar-refractivity contribution in [2.24, 2.45) is 0 Å². The number of nitrogens with zero attached hydrogens (tertiary/aromatic N) is 1. The minimum Gasteiger partial charge on any atom is -0.508 e. The highest BCUT2D eigenvalue weighted by Gasteiger charge is 2.35. The predicted octanol–water partition coefficient (Wildman–Crippen LogP) is 3.87. The molecule has 0 radical (unpaired) electrons. The summed E-state index contributed by atoms with van der Waals surface area (Å²) >= 11 is 6.77. The molecule has 0 aliphatic carbocycles. The number of carbonyl (C=O) groups is 2. The lowest BCUT2D eigenvalue weighted by atomic mass is 10.1. The number of benzene rings is 2. The number of carbonyl (C=O) groups excluding carboxylic acids is 2. The van der Waals surface area contributed by atoms with Gasteiger partial charge in [-0.3, -0.25) is 14.5 Å². The predicted molar refractivity (Wildman–Crippen MR) is 99.4 cm³/mol. The van der Waals surface area contributed by atoms with Gasteiger partial charge in [-0.1, -0.05) is 23.7 Å². The number of halogens is 1. The molecule has 134 valence electrons. The van der Waals surface area contributed by atoms with Crippen LogP contribution in [0.4, 0.5) is 4.79 Å². The van der Waals surface area contributed by atoms with Gasteiger partial charge in [0, 0.05) is 11.6 Å². The Labute approximate surface area is 158 Å². The highest BCUT2D eigenvalue weighted by atomic mass is 35.5. The number of para-hydroxylation sites is 1. The fourth-order valence-electron chi connectivity index (χ4n) is 2.30. The standard InChI is InChI=1S/C18H14ClNO5S/c19-13-3-1-2-4-15(13)25-8-7-20-17(23)16(26-18(20)24)9-11-5-6-12(21)10-14(11)22/h1-6,9-10,21-22H,7-8H2/b16-9-. The number of hydrogen-bond acceptors (Lipinski definition) is 6. The van der Waals surface area contributed by atoms with E-state index in [1.165, 1.54) is 18.2 Å². The first-order valence-electron chi connectivity index (χ1n) is 7.60. The zero-order valence-electron chi connectivity index (χ0n) is 13.4. The lowest BCUT2D eigenvalue weighted by Gasteiger charge is -2.13. The summed E-state index contributed by atoms with van der Waals surface area (Å²) in [5, 5.41) is 19.1. The van der Waals surface area contributed by atoms with Crippen molar-refractivity contribution >= 4 is 40.6 Å². The van der Waals surface area contributed by atoms with E-state index in [9.17, 15) is 19.8 Å². The molecule has 1 fully saturated rings. The van der Waals surface area contributed by atoms with Gasteiger partial charge in [-0.25, -0.2) is 0 Å². The molecule has 1 saturated heterocycles. The van der Waals surface area contributed by atoms with Gasteiger partial charge in [-0.15, -0.1) is 0 Å². The van der Waals surface area contributed by atoms with Gasteiger partial charge >= 0.3 is 0 Å². The highest BCUT2D eigenvalue weighted by Crippen LogP contribution is 2.34. The highest BCUT2D eigenvalue weighted by molar-refractivity contribution is 8.18. The average molecular weight is 392 g/mol. The number of ether oxygens (including phenoxy) is 1. The lowest BCUT2D eigenvalue weighted by Crippen LogP contribution is -2.32. The van der Waals surface area contributed by atoms with Crippen LogP contribution in [0.5, 0.6) is 17.2 Å². The molecule has 0 unspecified atom stereocenters. The summed E-state index contributed by atoms with van der Waals surface area (Å²) in [5.74, 6) is -0.260. The van der Waals surface area contributed by atoms with Crippen molar-refractivity contribution in [1.29, 1.82) is 0 Å².